The Labute approximate surface area is 118 Å². The monoisotopic (exact) mass is 276 g/mol. The largest absolute Gasteiger partial charge is 0.480 e. The highest BCUT2D eigenvalue weighted by Crippen LogP contribution is 2.29. The molecule has 1 aliphatic carbocycles. The van der Waals surface area contributed by atoms with Crippen LogP contribution in [0.3, 0.4) is 0 Å². The molecular weight excluding hydrogens is 256 g/mol. The summed E-state index contributed by atoms with van der Waals surface area (Å²) >= 11 is 0. The van der Waals surface area contributed by atoms with Gasteiger partial charge in [0, 0.05) is 19.3 Å². The number of likely N-dealkylation sites (N-methyl/N-ethyl adjacent to an activating group) is 1. The first kappa shape index (κ1) is 14.4. The lowest BCUT2D eigenvalue weighted by Gasteiger charge is -2.25. The number of hydrogen-bond acceptors (Lipinski definition) is 3. The highest BCUT2D eigenvalue weighted by atomic mass is 16.4. The van der Waals surface area contributed by atoms with Gasteiger partial charge in [-0.05, 0) is 30.9 Å². The van der Waals surface area contributed by atoms with Crippen LogP contribution in [0.5, 0.6) is 0 Å². The molecule has 0 aliphatic heterocycles. The zero-order valence-electron chi connectivity index (χ0n) is 11.7. The molecule has 0 aromatic heterocycles. The van der Waals surface area contributed by atoms with Gasteiger partial charge in [0.1, 0.15) is 6.54 Å². The van der Waals surface area contributed by atoms with Gasteiger partial charge in [-0.1, -0.05) is 18.2 Å². The molecule has 20 heavy (non-hydrogen) atoms. The molecule has 0 heterocycles. The van der Waals surface area contributed by atoms with Crippen molar-refractivity contribution in [2.45, 2.75) is 12.8 Å². The second kappa shape index (κ2) is 6.41. The molecule has 1 aliphatic rings. The molecule has 1 N–H and O–H groups in total. The molecule has 1 amide bonds. The van der Waals surface area contributed by atoms with Crippen molar-refractivity contribution >= 4 is 17.6 Å². The van der Waals surface area contributed by atoms with Gasteiger partial charge in [0.2, 0.25) is 5.91 Å². The summed E-state index contributed by atoms with van der Waals surface area (Å²) in [6.45, 7) is 0.696. The normalized spacial score (nSPS) is 13.8. The Morgan fingerprint density at radius 2 is 1.85 bits per heavy atom. The predicted molar refractivity (Wildman–Crippen MR) is 76.7 cm³/mol. The molecule has 0 bridgehead atoms. The number of aliphatic carboxylic acids is 1. The molecule has 5 heteroatoms. The second-order valence-corrected chi connectivity index (χ2v) is 5.30. The number of carbonyl (C=O) groups excluding carboxylic acids is 1. The number of hydrogen-bond donors (Lipinski definition) is 1. The molecule has 1 aromatic rings. The lowest BCUT2D eigenvalue weighted by atomic mass is 10.2. The van der Waals surface area contributed by atoms with Crippen molar-refractivity contribution in [3.05, 3.63) is 30.3 Å². The number of para-hydroxylation sites is 1. The first-order valence-electron chi connectivity index (χ1n) is 6.82. The zero-order valence-corrected chi connectivity index (χ0v) is 11.7. The van der Waals surface area contributed by atoms with Gasteiger partial charge >= 0.3 is 5.97 Å². The van der Waals surface area contributed by atoms with Crippen LogP contribution in [0.25, 0.3) is 0 Å². The van der Waals surface area contributed by atoms with Crippen LogP contribution in [0.2, 0.25) is 0 Å². The lowest BCUT2D eigenvalue weighted by molar-refractivity contribution is -0.135. The molecule has 108 valence electrons. The summed E-state index contributed by atoms with van der Waals surface area (Å²) < 4.78 is 0. The van der Waals surface area contributed by atoms with Gasteiger partial charge in [-0.2, -0.15) is 0 Å². The quantitative estimate of drug-likeness (QED) is 0.818. The number of rotatable bonds is 7. The van der Waals surface area contributed by atoms with Gasteiger partial charge in [0.15, 0.2) is 0 Å². The third-order valence-corrected chi connectivity index (χ3v) is 3.43. The van der Waals surface area contributed by atoms with Gasteiger partial charge in [-0.25, -0.2) is 0 Å². The molecule has 0 spiro atoms. The van der Waals surface area contributed by atoms with E-state index in [1.165, 1.54) is 12.8 Å². The predicted octanol–water partition coefficient (Wildman–Crippen LogP) is 1.45. The zero-order chi connectivity index (χ0) is 14.5. The molecule has 2 rings (SSSR count). The van der Waals surface area contributed by atoms with Crippen LogP contribution in [-0.4, -0.2) is 48.6 Å². The van der Waals surface area contributed by atoms with E-state index in [0.717, 1.165) is 12.2 Å². The van der Waals surface area contributed by atoms with Crippen LogP contribution in [0.1, 0.15) is 12.8 Å². The van der Waals surface area contributed by atoms with Crippen molar-refractivity contribution < 1.29 is 14.7 Å². The van der Waals surface area contributed by atoms with E-state index in [9.17, 15) is 9.59 Å². The van der Waals surface area contributed by atoms with Gasteiger partial charge in [0.05, 0.1) is 6.54 Å². The third kappa shape index (κ3) is 4.26. The standard InChI is InChI=1S/C15H20N2O3/c1-16(9-12-7-8-12)14(18)10-17(11-15(19)20)13-5-3-2-4-6-13/h2-6,12H,7-11H2,1H3,(H,19,20). The van der Waals surface area contributed by atoms with Gasteiger partial charge in [-0.3, -0.25) is 9.59 Å². The first-order valence-corrected chi connectivity index (χ1v) is 6.82. The Kier molecular flexibility index (Phi) is 4.61. The fourth-order valence-electron chi connectivity index (χ4n) is 2.11. The van der Waals surface area contributed by atoms with Crippen molar-refractivity contribution in [3.63, 3.8) is 0 Å². The van der Waals surface area contributed by atoms with E-state index >= 15 is 0 Å². The summed E-state index contributed by atoms with van der Waals surface area (Å²) in [5.41, 5.74) is 0.753. The first-order chi connectivity index (χ1) is 9.56. The van der Waals surface area contributed by atoms with Crippen molar-refractivity contribution in [2.24, 2.45) is 5.92 Å². The van der Waals surface area contributed by atoms with E-state index in [4.69, 9.17) is 5.11 Å². The van der Waals surface area contributed by atoms with Gasteiger partial charge < -0.3 is 14.9 Å². The van der Waals surface area contributed by atoms with Crippen molar-refractivity contribution in [1.82, 2.24) is 4.90 Å². The van der Waals surface area contributed by atoms with Crippen LogP contribution in [0.15, 0.2) is 30.3 Å². The molecular formula is C15H20N2O3. The van der Waals surface area contributed by atoms with Gasteiger partial charge in [-0.15, -0.1) is 0 Å². The SMILES string of the molecule is CN(CC1CC1)C(=O)CN(CC(=O)O)c1ccccc1. The number of nitrogens with zero attached hydrogens (tertiary/aromatic N) is 2. The molecule has 0 atom stereocenters. The fourth-order valence-corrected chi connectivity index (χ4v) is 2.11. The number of anilines is 1. The van der Waals surface area contributed by atoms with Crippen molar-refractivity contribution in [2.75, 3.05) is 31.6 Å². The number of amides is 1. The smallest absolute Gasteiger partial charge is 0.323 e. The Morgan fingerprint density at radius 1 is 1.20 bits per heavy atom. The maximum atomic E-state index is 12.2. The molecule has 1 fully saturated rings. The topological polar surface area (TPSA) is 60.9 Å². The number of carboxylic acids is 1. The average Bonchev–Trinajstić information content (AvgIpc) is 3.22. The number of carbonyl (C=O) groups is 2. The summed E-state index contributed by atoms with van der Waals surface area (Å²) in [5.74, 6) is -0.345. The third-order valence-electron chi connectivity index (χ3n) is 3.43. The van der Waals surface area contributed by atoms with Crippen molar-refractivity contribution in [1.29, 1.82) is 0 Å². The van der Waals surface area contributed by atoms with E-state index in [1.54, 1.807) is 16.8 Å². The maximum absolute atomic E-state index is 12.2. The minimum absolute atomic E-state index is 0.0398. The summed E-state index contributed by atoms with van der Waals surface area (Å²) in [7, 11) is 1.78. The second-order valence-electron chi connectivity index (χ2n) is 5.30. The fraction of sp³-hybridized carbons (Fsp3) is 0.467. The number of benzene rings is 1. The molecule has 1 saturated carbocycles. The molecule has 1 aromatic carbocycles. The number of carboxylic acid groups (broad SMARTS) is 1. The van der Waals surface area contributed by atoms with Crippen LogP contribution < -0.4 is 4.90 Å². The summed E-state index contributed by atoms with van der Waals surface area (Å²) in [4.78, 5) is 26.4. The summed E-state index contributed by atoms with van der Waals surface area (Å²) in [6, 6.07) is 9.17. The van der Waals surface area contributed by atoms with Crippen LogP contribution >= 0.6 is 0 Å². The van der Waals surface area contributed by atoms with E-state index < -0.39 is 5.97 Å². The minimum atomic E-state index is -0.938. The van der Waals surface area contributed by atoms with Crippen LogP contribution in [0.4, 0.5) is 5.69 Å². The Hall–Kier alpha value is -2.04. The minimum Gasteiger partial charge on any atom is -0.480 e. The average molecular weight is 276 g/mol. The highest BCUT2D eigenvalue weighted by Gasteiger charge is 2.25. The molecule has 0 radical (unpaired) electrons. The van der Waals surface area contributed by atoms with Crippen LogP contribution in [-0.2, 0) is 9.59 Å². The summed E-state index contributed by atoms with van der Waals surface area (Å²) in [6.07, 6.45) is 2.38. The lowest BCUT2D eigenvalue weighted by Crippen LogP contribution is -2.41. The maximum Gasteiger partial charge on any atom is 0.323 e. The molecule has 5 nitrogen and oxygen atoms in total. The summed E-state index contributed by atoms with van der Waals surface area (Å²) in [5, 5.41) is 8.99. The van der Waals surface area contributed by atoms with E-state index in [0.29, 0.717) is 5.92 Å². The van der Waals surface area contributed by atoms with Crippen molar-refractivity contribution in [3.8, 4) is 0 Å². The Balaban J connectivity index is 1.99. The van der Waals surface area contributed by atoms with E-state index in [2.05, 4.69) is 0 Å². The molecule has 0 saturated heterocycles. The Bertz CT molecular complexity index is 471. The van der Waals surface area contributed by atoms with Gasteiger partial charge in [0.25, 0.3) is 0 Å². The molecule has 0 unspecified atom stereocenters. The Morgan fingerprint density at radius 3 is 2.40 bits per heavy atom. The van der Waals surface area contributed by atoms with E-state index in [-0.39, 0.29) is 19.0 Å². The van der Waals surface area contributed by atoms with Crippen LogP contribution in [0, 0.1) is 5.92 Å². The highest BCUT2D eigenvalue weighted by molar-refractivity contribution is 5.84. The van der Waals surface area contributed by atoms with E-state index in [1.807, 2.05) is 30.3 Å².